The van der Waals surface area contributed by atoms with Crippen molar-refractivity contribution in [3.63, 3.8) is 0 Å². The summed E-state index contributed by atoms with van der Waals surface area (Å²) in [7, 11) is -2.71. The number of hydrogen-bond acceptors (Lipinski definition) is 10. The van der Waals surface area contributed by atoms with Gasteiger partial charge in [0.15, 0.2) is 0 Å². The molecule has 0 radical (unpaired) electrons. The van der Waals surface area contributed by atoms with E-state index in [-0.39, 0.29) is 39.3 Å². The topological polar surface area (TPSA) is 142 Å². The SMILES string of the molecule is C=C(COC(=O)CCSCC(C)(C)C(=O)OCCCS(=O)(=O)O)COC(=O)COC. The largest absolute Gasteiger partial charge is 0.465 e. The van der Waals surface area contributed by atoms with Gasteiger partial charge in [-0.15, -0.1) is 0 Å². The van der Waals surface area contributed by atoms with Gasteiger partial charge in [-0.05, 0) is 25.8 Å². The minimum atomic E-state index is -4.07. The summed E-state index contributed by atoms with van der Waals surface area (Å²) in [6.45, 7) is 6.61. The molecule has 12 heteroatoms. The van der Waals surface area contributed by atoms with Gasteiger partial charge in [0.25, 0.3) is 10.1 Å². The first-order chi connectivity index (χ1) is 13.9. The van der Waals surface area contributed by atoms with Crippen LogP contribution >= 0.6 is 11.8 Å². The quantitative estimate of drug-likeness (QED) is 0.114. The van der Waals surface area contributed by atoms with Crippen molar-refractivity contribution in [1.29, 1.82) is 0 Å². The lowest BCUT2D eigenvalue weighted by Gasteiger charge is -2.22. The zero-order chi connectivity index (χ0) is 23.2. The van der Waals surface area contributed by atoms with Crippen LogP contribution in [0.25, 0.3) is 0 Å². The number of esters is 3. The Morgan fingerprint density at radius 1 is 1.03 bits per heavy atom. The van der Waals surface area contributed by atoms with Gasteiger partial charge in [-0.3, -0.25) is 14.1 Å². The van der Waals surface area contributed by atoms with E-state index < -0.39 is 39.2 Å². The summed E-state index contributed by atoms with van der Waals surface area (Å²) in [6, 6.07) is 0. The Hall–Kier alpha value is -1.63. The minimum Gasteiger partial charge on any atom is -0.465 e. The van der Waals surface area contributed by atoms with Gasteiger partial charge >= 0.3 is 17.9 Å². The van der Waals surface area contributed by atoms with E-state index in [1.165, 1.54) is 18.9 Å². The summed E-state index contributed by atoms with van der Waals surface area (Å²) < 4.78 is 49.4. The lowest BCUT2D eigenvalue weighted by atomic mass is 9.97. The summed E-state index contributed by atoms with van der Waals surface area (Å²) in [6.07, 6.45) is 0.136. The Morgan fingerprint density at radius 2 is 1.63 bits per heavy atom. The molecule has 0 bridgehead atoms. The van der Waals surface area contributed by atoms with Crippen LogP contribution in [0, 0.1) is 5.41 Å². The maximum atomic E-state index is 12.1. The molecule has 0 unspecified atom stereocenters. The summed E-state index contributed by atoms with van der Waals surface area (Å²) in [5.41, 5.74) is -0.397. The van der Waals surface area contributed by atoms with Gasteiger partial charge in [-0.2, -0.15) is 20.2 Å². The highest BCUT2D eigenvalue weighted by molar-refractivity contribution is 7.99. The van der Waals surface area contributed by atoms with Crippen LogP contribution in [0.1, 0.15) is 26.7 Å². The van der Waals surface area contributed by atoms with E-state index in [2.05, 4.69) is 11.3 Å². The summed E-state index contributed by atoms with van der Waals surface area (Å²) in [5, 5.41) is 0. The van der Waals surface area contributed by atoms with Gasteiger partial charge in [0.1, 0.15) is 19.8 Å². The van der Waals surface area contributed by atoms with E-state index in [0.29, 0.717) is 17.1 Å². The van der Waals surface area contributed by atoms with Gasteiger partial charge in [0.2, 0.25) is 0 Å². The number of carbonyl (C=O) groups excluding carboxylic acids is 3. The fourth-order valence-corrected chi connectivity index (χ4v) is 3.35. The molecule has 0 saturated carbocycles. The molecule has 1 N–H and O–H groups in total. The molecule has 0 amide bonds. The van der Waals surface area contributed by atoms with E-state index in [9.17, 15) is 22.8 Å². The smallest absolute Gasteiger partial charge is 0.332 e. The van der Waals surface area contributed by atoms with Crippen molar-refractivity contribution in [2.45, 2.75) is 26.7 Å². The number of ether oxygens (including phenoxy) is 4. The Bertz CT molecular complexity index is 685. The second-order valence-electron chi connectivity index (χ2n) is 6.97. The molecule has 0 fully saturated rings. The molecule has 0 rings (SSSR count). The van der Waals surface area contributed by atoms with Gasteiger partial charge in [0.05, 0.1) is 24.2 Å². The summed E-state index contributed by atoms with van der Waals surface area (Å²) >= 11 is 1.37. The van der Waals surface area contributed by atoms with E-state index in [0.717, 1.165) is 0 Å². The van der Waals surface area contributed by atoms with Crippen LogP contribution in [0.5, 0.6) is 0 Å². The molecule has 174 valence electrons. The molecule has 0 aliphatic carbocycles. The van der Waals surface area contributed by atoms with Crippen molar-refractivity contribution < 1.29 is 46.3 Å². The lowest BCUT2D eigenvalue weighted by Crippen LogP contribution is -2.30. The number of rotatable bonds is 16. The molecular formula is C18H30O10S2. The third-order valence-corrected chi connectivity index (χ3v) is 5.61. The zero-order valence-electron chi connectivity index (χ0n) is 17.5. The highest BCUT2D eigenvalue weighted by Crippen LogP contribution is 2.24. The Morgan fingerprint density at radius 3 is 2.20 bits per heavy atom. The molecule has 0 saturated heterocycles. The average Bonchev–Trinajstić information content (AvgIpc) is 2.64. The van der Waals surface area contributed by atoms with E-state index in [4.69, 9.17) is 18.8 Å². The molecule has 0 aliphatic heterocycles. The van der Waals surface area contributed by atoms with Gasteiger partial charge in [0, 0.05) is 18.6 Å². The first kappa shape index (κ1) is 28.4. The lowest BCUT2D eigenvalue weighted by molar-refractivity contribution is -0.152. The van der Waals surface area contributed by atoms with Crippen LogP contribution in [-0.2, 0) is 43.4 Å². The van der Waals surface area contributed by atoms with Crippen LogP contribution in [0.15, 0.2) is 12.2 Å². The second-order valence-corrected chi connectivity index (χ2v) is 9.64. The minimum absolute atomic E-state index is 0.0104. The van der Waals surface area contributed by atoms with Crippen molar-refractivity contribution >= 4 is 39.8 Å². The van der Waals surface area contributed by atoms with Crippen molar-refractivity contribution in [2.24, 2.45) is 5.41 Å². The highest BCUT2D eigenvalue weighted by Gasteiger charge is 2.29. The van der Waals surface area contributed by atoms with E-state index in [1.54, 1.807) is 13.8 Å². The molecule has 0 spiro atoms. The normalized spacial score (nSPS) is 11.6. The molecule has 30 heavy (non-hydrogen) atoms. The molecule has 10 nitrogen and oxygen atoms in total. The predicted molar refractivity (Wildman–Crippen MR) is 111 cm³/mol. The van der Waals surface area contributed by atoms with Gasteiger partial charge < -0.3 is 18.9 Å². The average molecular weight is 471 g/mol. The third-order valence-electron chi connectivity index (χ3n) is 3.38. The second kappa shape index (κ2) is 14.4. The molecule has 0 aliphatic rings. The Kier molecular flexibility index (Phi) is 13.6. The van der Waals surface area contributed by atoms with Crippen molar-refractivity contribution in [1.82, 2.24) is 0 Å². The first-order valence-electron chi connectivity index (χ1n) is 9.04. The molecule has 0 atom stereocenters. The Labute approximate surface area is 181 Å². The third kappa shape index (κ3) is 15.2. The van der Waals surface area contributed by atoms with Crippen LogP contribution in [0.2, 0.25) is 0 Å². The van der Waals surface area contributed by atoms with Crippen LogP contribution in [0.4, 0.5) is 0 Å². The van der Waals surface area contributed by atoms with Gasteiger partial charge in [-0.1, -0.05) is 6.58 Å². The summed E-state index contributed by atoms with van der Waals surface area (Å²) in [4.78, 5) is 34.9. The van der Waals surface area contributed by atoms with Crippen LogP contribution in [-0.4, -0.2) is 81.7 Å². The maximum absolute atomic E-state index is 12.1. The number of carbonyl (C=O) groups is 3. The molecule has 0 heterocycles. The van der Waals surface area contributed by atoms with E-state index in [1.807, 2.05) is 0 Å². The number of thioether (sulfide) groups is 1. The van der Waals surface area contributed by atoms with E-state index >= 15 is 0 Å². The standard InChI is InChI=1S/C18H30O10S2/c1-14(11-28-16(20)12-25-4)10-27-15(19)6-8-29-13-18(2,3)17(21)26-7-5-9-30(22,23)24/h1,5-13H2,2-4H3,(H,22,23,24). The molecular weight excluding hydrogens is 440 g/mol. The molecule has 0 aromatic rings. The number of hydrogen-bond donors (Lipinski definition) is 1. The number of methoxy groups -OCH3 is 1. The van der Waals surface area contributed by atoms with Crippen molar-refractivity contribution in [3.8, 4) is 0 Å². The predicted octanol–water partition coefficient (Wildman–Crippen LogP) is 1.25. The fraction of sp³-hybridized carbons (Fsp3) is 0.722. The van der Waals surface area contributed by atoms with Crippen molar-refractivity contribution in [3.05, 3.63) is 12.2 Å². The highest BCUT2D eigenvalue weighted by atomic mass is 32.2. The van der Waals surface area contributed by atoms with Crippen molar-refractivity contribution in [2.75, 3.05) is 50.8 Å². The zero-order valence-corrected chi connectivity index (χ0v) is 19.1. The maximum Gasteiger partial charge on any atom is 0.332 e. The monoisotopic (exact) mass is 470 g/mol. The van der Waals surface area contributed by atoms with Gasteiger partial charge in [-0.25, -0.2) is 4.79 Å². The Balaban J connectivity index is 3.97. The molecule has 0 aromatic heterocycles. The first-order valence-corrected chi connectivity index (χ1v) is 11.8. The van der Waals surface area contributed by atoms with Crippen LogP contribution < -0.4 is 0 Å². The fourth-order valence-electron chi connectivity index (χ4n) is 1.78. The molecule has 0 aromatic carbocycles. The van der Waals surface area contributed by atoms with Crippen LogP contribution in [0.3, 0.4) is 0 Å². The summed E-state index contributed by atoms with van der Waals surface area (Å²) in [5.74, 6) is -1.14.